The molecule has 3 rings (SSSR count). The molecule has 88 valence electrons. The van der Waals surface area contributed by atoms with E-state index in [4.69, 9.17) is 0 Å². The van der Waals surface area contributed by atoms with Gasteiger partial charge in [-0.1, -0.05) is 0 Å². The molecule has 2 aromatic carbocycles. The molecule has 0 spiro atoms. The summed E-state index contributed by atoms with van der Waals surface area (Å²) in [5, 5.41) is 12.0. The summed E-state index contributed by atoms with van der Waals surface area (Å²) in [4.78, 5) is 0. The van der Waals surface area contributed by atoms with Gasteiger partial charge in [0.2, 0.25) is 0 Å². The maximum absolute atomic E-state index is 12.0. The van der Waals surface area contributed by atoms with Gasteiger partial charge >= 0.3 is 111 Å². The summed E-state index contributed by atoms with van der Waals surface area (Å²) in [6.07, 6.45) is 0. The molecule has 0 saturated heterocycles. The van der Waals surface area contributed by atoms with Crippen molar-refractivity contribution in [1.82, 2.24) is 3.98 Å². The molecular formula is C14H10N2OSe. The van der Waals surface area contributed by atoms with Gasteiger partial charge in [0.25, 0.3) is 0 Å². The van der Waals surface area contributed by atoms with Crippen LogP contribution in [0.4, 0.5) is 0 Å². The molecule has 4 heteroatoms. The van der Waals surface area contributed by atoms with Gasteiger partial charge in [0.05, 0.1) is 0 Å². The van der Waals surface area contributed by atoms with Gasteiger partial charge in [-0.15, -0.1) is 0 Å². The summed E-state index contributed by atoms with van der Waals surface area (Å²) < 4.78 is 5.40. The standard InChI is InChI=1S/C14H10N2OSe/c17-16-14(12-9-5-2-6-10-12)13(15-18-16)11-7-3-1-4-8-11/h1-10H. The number of hydrogen-bond donors (Lipinski definition) is 0. The van der Waals surface area contributed by atoms with Gasteiger partial charge in [0, 0.05) is 0 Å². The van der Waals surface area contributed by atoms with Crippen LogP contribution in [0.1, 0.15) is 0 Å². The van der Waals surface area contributed by atoms with Crippen molar-refractivity contribution in [1.29, 1.82) is 0 Å². The fraction of sp³-hybridized carbons (Fsp3) is 0. The summed E-state index contributed by atoms with van der Waals surface area (Å²) >= 11 is -0.393. The molecule has 0 amide bonds. The third-order valence-corrected chi connectivity index (χ3v) is 3.96. The van der Waals surface area contributed by atoms with Gasteiger partial charge < -0.3 is 0 Å². The van der Waals surface area contributed by atoms with E-state index in [1.165, 1.54) is 0 Å². The van der Waals surface area contributed by atoms with Crippen molar-refractivity contribution in [2.75, 3.05) is 0 Å². The second-order valence-corrected chi connectivity index (χ2v) is 5.28. The van der Waals surface area contributed by atoms with Crippen LogP contribution in [0.25, 0.3) is 22.5 Å². The average Bonchev–Trinajstić information content (AvgIpc) is 2.83. The number of benzene rings is 2. The summed E-state index contributed by atoms with van der Waals surface area (Å²) in [7, 11) is 0. The first-order chi connectivity index (χ1) is 8.86. The fourth-order valence-electron chi connectivity index (χ4n) is 1.87. The fourth-order valence-corrected chi connectivity index (χ4v) is 3.18. The normalized spacial score (nSPS) is 10.4. The monoisotopic (exact) mass is 302 g/mol. The van der Waals surface area contributed by atoms with Crippen molar-refractivity contribution >= 4 is 15.0 Å². The molecule has 1 aromatic heterocycles. The number of aromatic nitrogens is 2. The van der Waals surface area contributed by atoms with Crippen LogP contribution in [-0.4, -0.2) is 18.9 Å². The Kier molecular flexibility index (Phi) is 2.97. The summed E-state index contributed by atoms with van der Waals surface area (Å²) in [5.41, 5.74) is 3.41. The molecule has 0 unspecified atom stereocenters. The van der Waals surface area contributed by atoms with Gasteiger partial charge in [-0.05, 0) is 0 Å². The molecule has 0 atom stereocenters. The molecular weight excluding hydrogens is 291 g/mol. The second kappa shape index (κ2) is 4.76. The van der Waals surface area contributed by atoms with E-state index < -0.39 is 15.0 Å². The Balaban J connectivity index is 2.19. The van der Waals surface area contributed by atoms with E-state index in [1.54, 1.807) is 0 Å². The van der Waals surface area contributed by atoms with Crippen LogP contribution >= 0.6 is 0 Å². The molecule has 0 aliphatic heterocycles. The molecule has 1 heterocycles. The van der Waals surface area contributed by atoms with Crippen molar-refractivity contribution in [2.24, 2.45) is 0 Å². The number of nitrogens with zero attached hydrogens (tertiary/aromatic N) is 2. The Labute approximate surface area is 111 Å². The van der Waals surface area contributed by atoms with Crippen molar-refractivity contribution < 1.29 is 3.73 Å². The van der Waals surface area contributed by atoms with Gasteiger partial charge in [-0.3, -0.25) is 0 Å². The molecule has 0 bridgehead atoms. The predicted octanol–water partition coefficient (Wildman–Crippen LogP) is 2.11. The van der Waals surface area contributed by atoms with E-state index in [2.05, 4.69) is 3.98 Å². The van der Waals surface area contributed by atoms with Crippen LogP contribution in [-0.2, 0) is 0 Å². The third kappa shape index (κ3) is 1.96. The summed E-state index contributed by atoms with van der Waals surface area (Å²) in [6.45, 7) is 0. The molecule has 3 nitrogen and oxygen atoms in total. The molecule has 0 aliphatic rings. The molecule has 3 aromatic rings. The van der Waals surface area contributed by atoms with Crippen LogP contribution in [0.15, 0.2) is 60.7 Å². The zero-order valence-corrected chi connectivity index (χ0v) is 11.2. The minimum absolute atomic E-state index is 0.393. The van der Waals surface area contributed by atoms with Crippen molar-refractivity contribution in [2.45, 2.75) is 0 Å². The maximum atomic E-state index is 12.0. The topological polar surface area (TPSA) is 39.8 Å². The predicted molar refractivity (Wildman–Crippen MR) is 71.0 cm³/mol. The average molecular weight is 301 g/mol. The number of hydrogen-bond acceptors (Lipinski definition) is 2. The van der Waals surface area contributed by atoms with Crippen molar-refractivity contribution in [3.63, 3.8) is 0 Å². The van der Waals surface area contributed by atoms with E-state index in [-0.39, 0.29) is 0 Å². The quantitative estimate of drug-likeness (QED) is 0.537. The molecule has 0 aliphatic carbocycles. The SMILES string of the molecule is [O-][n+]1[se]nc(-c2ccccc2)c1-c1ccccc1. The Morgan fingerprint density at radius 2 is 1.39 bits per heavy atom. The third-order valence-electron chi connectivity index (χ3n) is 2.71. The Bertz CT molecular complexity index is 650. The van der Waals surface area contributed by atoms with Gasteiger partial charge in [-0.25, -0.2) is 0 Å². The summed E-state index contributed by atoms with van der Waals surface area (Å²) in [6, 6.07) is 19.5. The summed E-state index contributed by atoms with van der Waals surface area (Å²) in [5.74, 6) is 0. The van der Waals surface area contributed by atoms with E-state index in [0.29, 0.717) is 5.69 Å². The van der Waals surface area contributed by atoms with E-state index >= 15 is 0 Å². The molecule has 18 heavy (non-hydrogen) atoms. The molecule has 0 fully saturated rings. The molecule has 0 radical (unpaired) electrons. The van der Waals surface area contributed by atoms with Crippen LogP contribution < -0.4 is 3.73 Å². The minimum atomic E-state index is -0.393. The second-order valence-electron chi connectivity index (χ2n) is 3.86. The van der Waals surface area contributed by atoms with Crippen molar-refractivity contribution in [3.8, 4) is 22.5 Å². The Hall–Kier alpha value is -1.90. The Morgan fingerprint density at radius 3 is 2.00 bits per heavy atom. The first-order valence-corrected chi connectivity index (χ1v) is 7.10. The number of rotatable bonds is 2. The van der Waals surface area contributed by atoms with Crippen LogP contribution in [0.5, 0.6) is 0 Å². The van der Waals surface area contributed by atoms with E-state index in [9.17, 15) is 5.21 Å². The Morgan fingerprint density at radius 1 is 0.833 bits per heavy atom. The first-order valence-electron chi connectivity index (χ1n) is 5.57. The van der Waals surface area contributed by atoms with Gasteiger partial charge in [-0.2, -0.15) is 0 Å². The van der Waals surface area contributed by atoms with Crippen LogP contribution in [0.3, 0.4) is 0 Å². The van der Waals surface area contributed by atoms with E-state index in [1.807, 2.05) is 60.7 Å². The zero-order valence-electron chi connectivity index (χ0n) is 9.48. The molecule has 0 saturated carbocycles. The zero-order chi connectivity index (χ0) is 12.4. The molecule has 0 N–H and O–H groups in total. The van der Waals surface area contributed by atoms with E-state index in [0.717, 1.165) is 20.5 Å². The van der Waals surface area contributed by atoms with Gasteiger partial charge in [0.1, 0.15) is 0 Å². The van der Waals surface area contributed by atoms with Crippen LogP contribution in [0.2, 0.25) is 0 Å². The van der Waals surface area contributed by atoms with Crippen LogP contribution in [0, 0.1) is 5.21 Å². The van der Waals surface area contributed by atoms with Gasteiger partial charge in [0.15, 0.2) is 0 Å². The first kappa shape index (κ1) is 11.2. The van der Waals surface area contributed by atoms with Crippen molar-refractivity contribution in [3.05, 3.63) is 65.9 Å².